The van der Waals surface area contributed by atoms with E-state index in [9.17, 15) is 4.79 Å². The molecule has 2 aromatic carbocycles. The van der Waals surface area contributed by atoms with E-state index in [1.165, 1.54) is 35.6 Å². The minimum Gasteiger partial charge on any atom is -0.370 e. The van der Waals surface area contributed by atoms with Gasteiger partial charge >= 0.3 is 0 Å². The highest BCUT2D eigenvalue weighted by molar-refractivity contribution is 5.94. The van der Waals surface area contributed by atoms with Gasteiger partial charge in [0.25, 0.3) is 0 Å². The Morgan fingerprint density at radius 3 is 2.52 bits per heavy atom. The van der Waals surface area contributed by atoms with Crippen LogP contribution in [0.4, 0.5) is 5.69 Å². The first-order valence-electron chi connectivity index (χ1n) is 7.97. The number of fused-ring (bicyclic) bond motifs is 1. The second-order valence-corrected chi connectivity index (χ2v) is 6.20. The Labute approximate surface area is 126 Å². The fourth-order valence-electron chi connectivity index (χ4n) is 3.62. The molecule has 1 saturated carbocycles. The number of aldehydes is 1. The zero-order valence-electron chi connectivity index (χ0n) is 12.7. The molecule has 0 saturated heterocycles. The first-order chi connectivity index (χ1) is 10.3. The van der Waals surface area contributed by atoms with Crippen LogP contribution in [0, 0.1) is 5.41 Å². The molecule has 1 fully saturated rings. The summed E-state index contributed by atoms with van der Waals surface area (Å²) in [6.07, 6.45) is 5.67. The third-order valence-electron chi connectivity index (χ3n) is 4.84. The lowest BCUT2D eigenvalue weighted by atomic mass is 9.87. The summed E-state index contributed by atoms with van der Waals surface area (Å²) in [6, 6.07) is 14.9. The maximum Gasteiger partial charge on any atom is 0.127 e. The number of hydrogen-bond acceptors (Lipinski definition) is 2. The first-order valence-corrected chi connectivity index (χ1v) is 7.97. The van der Waals surface area contributed by atoms with Crippen LogP contribution in [0.5, 0.6) is 0 Å². The van der Waals surface area contributed by atoms with Gasteiger partial charge in [0.15, 0.2) is 0 Å². The molecule has 0 aliphatic heterocycles. The van der Waals surface area contributed by atoms with Gasteiger partial charge in [-0.05, 0) is 31.2 Å². The van der Waals surface area contributed by atoms with Gasteiger partial charge in [-0.15, -0.1) is 0 Å². The summed E-state index contributed by atoms with van der Waals surface area (Å²) in [6.45, 7) is 3.96. The lowest BCUT2D eigenvalue weighted by molar-refractivity contribution is -0.115. The third-order valence-corrected chi connectivity index (χ3v) is 4.84. The van der Waals surface area contributed by atoms with E-state index in [1.807, 2.05) is 0 Å². The van der Waals surface area contributed by atoms with Crippen molar-refractivity contribution in [2.75, 3.05) is 18.0 Å². The zero-order valence-corrected chi connectivity index (χ0v) is 12.7. The highest BCUT2D eigenvalue weighted by Gasteiger charge is 2.35. The van der Waals surface area contributed by atoms with Crippen molar-refractivity contribution >= 4 is 22.7 Å². The minimum absolute atomic E-state index is 0.132. The van der Waals surface area contributed by atoms with Crippen molar-refractivity contribution in [1.29, 1.82) is 0 Å². The number of nitrogens with zero attached hydrogens (tertiary/aromatic N) is 1. The molecule has 2 aromatic rings. The lowest BCUT2D eigenvalue weighted by Crippen LogP contribution is -2.37. The second kappa shape index (κ2) is 5.88. The second-order valence-electron chi connectivity index (χ2n) is 6.20. The van der Waals surface area contributed by atoms with Crippen molar-refractivity contribution in [3.8, 4) is 0 Å². The van der Waals surface area contributed by atoms with Crippen molar-refractivity contribution in [3.05, 3.63) is 42.5 Å². The average molecular weight is 281 g/mol. The van der Waals surface area contributed by atoms with E-state index < -0.39 is 0 Å². The standard InChI is InChI=1S/C19H23NO/c1-2-20(14-19(15-21)12-5-6-13-19)18-11-7-9-16-8-3-4-10-17(16)18/h3-4,7-11,15H,2,5-6,12-14H2,1H3. The van der Waals surface area contributed by atoms with Gasteiger partial charge in [-0.1, -0.05) is 49.2 Å². The Bertz CT molecular complexity index is 623. The molecule has 0 bridgehead atoms. The van der Waals surface area contributed by atoms with E-state index in [-0.39, 0.29) is 5.41 Å². The Kier molecular flexibility index (Phi) is 3.96. The molecule has 0 unspecified atom stereocenters. The van der Waals surface area contributed by atoms with Gasteiger partial charge in [-0.2, -0.15) is 0 Å². The highest BCUT2D eigenvalue weighted by atomic mass is 16.1. The van der Waals surface area contributed by atoms with Crippen molar-refractivity contribution in [1.82, 2.24) is 0 Å². The smallest absolute Gasteiger partial charge is 0.127 e. The SMILES string of the molecule is CCN(CC1(C=O)CCCC1)c1cccc2ccccc12. The average Bonchev–Trinajstić information content (AvgIpc) is 3.01. The van der Waals surface area contributed by atoms with E-state index in [4.69, 9.17) is 0 Å². The Balaban J connectivity index is 1.96. The minimum atomic E-state index is -0.132. The number of benzene rings is 2. The molecular weight excluding hydrogens is 258 g/mol. The van der Waals surface area contributed by atoms with Crippen LogP contribution in [-0.4, -0.2) is 19.4 Å². The van der Waals surface area contributed by atoms with Crippen LogP contribution in [-0.2, 0) is 4.79 Å². The quantitative estimate of drug-likeness (QED) is 0.756. The fraction of sp³-hybridized carbons (Fsp3) is 0.421. The third kappa shape index (κ3) is 2.67. The summed E-state index contributed by atoms with van der Waals surface area (Å²) >= 11 is 0. The molecule has 21 heavy (non-hydrogen) atoms. The molecule has 0 amide bonds. The Morgan fingerprint density at radius 2 is 1.81 bits per heavy atom. The van der Waals surface area contributed by atoms with E-state index in [0.29, 0.717) is 0 Å². The van der Waals surface area contributed by atoms with E-state index in [1.54, 1.807) is 0 Å². The van der Waals surface area contributed by atoms with Gasteiger partial charge in [0, 0.05) is 29.6 Å². The molecule has 0 N–H and O–H groups in total. The lowest BCUT2D eigenvalue weighted by Gasteiger charge is -2.33. The van der Waals surface area contributed by atoms with Gasteiger partial charge < -0.3 is 9.69 Å². The van der Waals surface area contributed by atoms with Gasteiger partial charge in [-0.25, -0.2) is 0 Å². The van der Waals surface area contributed by atoms with Gasteiger partial charge in [0.2, 0.25) is 0 Å². The van der Waals surface area contributed by atoms with Gasteiger partial charge in [0.05, 0.1) is 0 Å². The van der Waals surface area contributed by atoms with Crippen LogP contribution in [0.25, 0.3) is 10.8 Å². The molecule has 0 spiro atoms. The van der Waals surface area contributed by atoms with Crippen LogP contribution in [0.2, 0.25) is 0 Å². The van der Waals surface area contributed by atoms with Gasteiger partial charge in [-0.3, -0.25) is 0 Å². The zero-order chi connectivity index (χ0) is 14.7. The van der Waals surface area contributed by atoms with Crippen LogP contribution in [0.15, 0.2) is 42.5 Å². The Hall–Kier alpha value is -1.83. The molecular formula is C19H23NO. The van der Waals surface area contributed by atoms with E-state index in [2.05, 4.69) is 54.3 Å². The first kappa shape index (κ1) is 14.1. The number of rotatable bonds is 5. The molecule has 0 atom stereocenters. The van der Waals surface area contributed by atoms with Gasteiger partial charge in [0.1, 0.15) is 6.29 Å². The predicted molar refractivity (Wildman–Crippen MR) is 88.8 cm³/mol. The number of hydrogen-bond donors (Lipinski definition) is 0. The molecule has 3 rings (SSSR count). The van der Waals surface area contributed by atoms with E-state index in [0.717, 1.165) is 25.9 Å². The number of anilines is 1. The van der Waals surface area contributed by atoms with Crippen molar-refractivity contribution in [2.45, 2.75) is 32.6 Å². The topological polar surface area (TPSA) is 20.3 Å². The molecule has 110 valence electrons. The van der Waals surface area contributed by atoms with Crippen LogP contribution in [0.3, 0.4) is 0 Å². The summed E-state index contributed by atoms with van der Waals surface area (Å²) in [5, 5.41) is 2.54. The summed E-state index contributed by atoms with van der Waals surface area (Å²) in [7, 11) is 0. The number of carbonyl (C=O) groups is 1. The predicted octanol–water partition coefficient (Wildman–Crippen LogP) is 4.43. The largest absolute Gasteiger partial charge is 0.370 e. The Morgan fingerprint density at radius 1 is 1.10 bits per heavy atom. The monoisotopic (exact) mass is 281 g/mol. The molecule has 1 aliphatic carbocycles. The fourth-order valence-corrected chi connectivity index (χ4v) is 3.62. The van der Waals surface area contributed by atoms with Crippen LogP contribution < -0.4 is 4.90 Å². The highest BCUT2D eigenvalue weighted by Crippen LogP contribution is 2.38. The maximum atomic E-state index is 11.6. The normalized spacial score (nSPS) is 17.0. The molecule has 0 radical (unpaired) electrons. The molecule has 1 aliphatic rings. The molecule has 0 aromatic heterocycles. The molecule has 0 heterocycles. The van der Waals surface area contributed by atoms with E-state index >= 15 is 0 Å². The summed E-state index contributed by atoms with van der Waals surface area (Å²) in [5.74, 6) is 0. The van der Waals surface area contributed by atoms with Crippen molar-refractivity contribution < 1.29 is 4.79 Å². The molecule has 2 heteroatoms. The molecule has 2 nitrogen and oxygen atoms in total. The number of carbonyl (C=O) groups excluding carboxylic acids is 1. The summed E-state index contributed by atoms with van der Waals surface area (Å²) in [5.41, 5.74) is 1.12. The summed E-state index contributed by atoms with van der Waals surface area (Å²) < 4.78 is 0. The van der Waals surface area contributed by atoms with Crippen LogP contribution in [0.1, 0.15) is 32.6 Å². The van der Waals surface area contributed by atoms with Crippen molar-refractivity contribution in [3.63, 3.8) is 0 Å². The maximum absolute atomic E-state index is 11.6. The van der Waals surface area contributed by atoms with Crippen molar-refractivity contribution in [2.24, 2.45) is 5.41 Å². The van der Waals surface area contributed by atoms with Crippen LogP contribution >= 0.6 is 0 Å². The summed E-state index contributed by atoms with van der Waals surface area (Å²) in [4.78, 5) is 14.0.